The summed E-state index contributed by atoms with van der Waals surface area (Å²) in [5.41, 5.74) is 0. The second kappa shape index (κ2) is 5.12. The summed E-state index contributed by atoms with van der Waals surface area (Å²) in [5.74, 6) is 0. The van der Waals surface area contributed by atoms with Crippen LogP contribution in [0.1, 0.15) is 40.5 Å². The summed E-state index contributed by atoms with van der Waals surface area (Å²) in [6.45, 7) is 7.91. The van der Waals surface area contributed by atoms with Crippen LogP contribution in [0.15, 0.2) is 12.3 Å². The fourth-order valence-corrected chi connectivity index (χ4v) is 2.19. The predicted octanol–water partition coefficient (Wildman–Crippen LogP) is 2.12. The van der Waals surface area contributed by atoms with E-state index in [2.05, 4.69) is 4.72 Å². The minimum absolute atomic E-state index is 0.120. The largest absolute Gasteiger partial charge is 0.497 e. The van der Waals surface area contributed by atoms with E-state index in [4.69, 9.17) is 4.74 Å². The van der Waals surface area contributed by atoms with Gasteiger partial charge in [-0.15, -0.1) is 0 Å². The minimum Gasteiger partial charge on any atom is -0.497 e. The van der Waals surface area contributed by atoms with Gasteiger partial charge in [-0.05, 0) is 46.6 Å². The van der Waals surface area contributed by atoms with Crippen LogP contribution in [0.5, 0.6) is 0 Å². The van der Waals surface area contributed by atoms with Gasteiger partial charge in [0.25, 0.3) is 0 Å². The molecule has 3 unspecified atom stereocenters. The van der Waals surface area contributed by atoms with E-state index >= 15 is 0 Å². The summed E-state index contributed by atoms with van der Waals surface area (Å²) >= 11 is 0. The molecule has 0 aliphatic carbocycles. The summed E-state index contributed by atoms with van der Waals surface area (Å²) in [6.07, 6.45) is 5.93. The average Bonchev–Trinajstić information content (AvgIpc) is 2.17. The Kier molecular flexibility index (Phi) is 4.34. The van der Waals surface area contributed by atoms with Gasteiger partial charge >= 0.3 is 0 Å². The molecule has 1 aliphatic heterocycles. The molecule has 1 rings (SSSR count). The molecule has 0 aromatic heterocycles. The van der Waals surface area contributed by atoms with Crippen LogP contribution < -0.4 is 4.72 Å². The molecular weight excluding hydrogens is 210 g/mol. The van der Waals surface area contributed by atoms with Crippen molar-refractivity contribution in [3.63, 3.8) is 0 Å². The van der Waals surface area contributed by atoms with Crippen LogP contribution in [-0.4, -0.2) is 21.1 Å². The molecule has 0 amide bonds. The van der Waals surface area contributed by atoms with Crippen molar-refractivity contribution < 1.29 is 8.95 Å². The lowest BCUT2D eigenvalue weighted by molar-refractivity contribution is 0.0996. The fraction of sp³-hybridized carbons (Fsp3) is 0.818. The zero-order valence-electron chi connectivity index (χ0n) is 9.95. The van der Waals surface area contributed by atoms with Gasteiger partial charge in [-0.1, -0.05) is 0 Å². The summed E-state index contributed by atoms with van der Waals surface area (Å²) in [4.78, 5) is 0. The lowest BCUT2D eigenvalue weighted by Gasteiger charge is -2.28. The summed E-state index contributed by atoms with van der Waals surface area (Å²) < 4.78 is 20.2. The van der Waals surface area contributed by atoms with E-state index in [0.29, 0.717) is 0 Å². The highest BCUT2D eigenvalue weighted by atomic mass is 32.2. The number of ether oxygens (including phenoxy) is 1. The zero-order valence-corrected chi connectivity index (χ0v) is 10.8. The monoisotopic (exact) mass is 231 g/mol. The summed E-state index contributed by atoms with van der Waals surface area (Å²) in [6, 6.07) is 0.120. The molecule has 0 aromatic carbocycles. The second-order valence-corrected chi connectivity index (χ2v) is 6.91. The molecule has 4 heteroatoms. The van der Waals surface area contributed by atoms with Crippen molar-refractivity contribution in [2.24, 2.45) is 0 Å². The number of rotatable bonds is 3. The van der Waals surface area contributed by atoms with E-state index in [9.17, 15) is 4.21 Å². The predicted molar refractivity (Wildman–Crippen MR) is 63.7 cm³/mol. The van der Waals surface area contributed by atoms with Crippen molar-refractivity contribution in [3.05, 3.63) is 12.3 Å². The van der Waals surface area contributed by atoms with Crippen LogP contribution in [-0.2, 0) is 15.7 Å². The second-order valence-electron chi connectivity index (χ2n) is 4.91. The van der Waals surface area contributed by atoms with Crippen LogP contribution in [0.4, 0.5) is 0 Å². The lowest BCUT2D eigenvalue weighted by atomic mass is 10.1. The molecule has 1 aliphatic rings. The van der Waals surface area contributed by atoms with Gasteiger partial charge in [0.15, 0.2) is 0 Å². The molecule has 1 heterocycles. The smallest absolute Gasteiger partial charge is 0.114 e. The first-order valence-electron chi connectivity index (χ1n) is 5.40. The molecule has 0 radical (unpaired) electrons. The average molecular weight is 231 g/mol. The first-order valence-corrected chi connectivity index (χ1v) is 6.55. The van der Waals surface area contributed by atoms with Crippen LogP contribution >= 0.6 is 0 Å². The van der Waals surface area contributed by atoms with Gasteiger partial charge in [0.05, 0.1) is 28.0 Å². The molecule has 1 N–H and O–H groups in total. The number of hydrogen-bond acceptors (Lipinski definition) is 2. The molecule has 15 heavy (non-hydrogen) atoms. The van der Waals surface area contributed by atoms with Crippen LogP contribution in [0, 0.1) is 0 Å². The Balaban J connectivity index is 2.44. The highest BCUT2D eigenvalue weighted by Crippen LogP contribution is 2.16. The van der Waals surface area contributed by atoms with E-state index in [0.717, 1.165) is 12.8 Å². The Morgan fingerprint density at radius 3 is 2.67 bits per heavy atom. The molecule has 0 spiro atoms. The first-order chi connectivity index (χ1) is 6.91. The minimum atomic E-state index is -1.02. The Bertz CT molecular complexity index is 258. The van der Waals surface area contributed by atoms with Crippen molar-refractivity contribution in [3.8, 4) is 0 Å². The van der Waals surface area contributed by atoms with E-state index in [-0.39, 0.29) is 16.9 Å². The van der Waals surface area contributed by atoms with Gasteiger partial charge in [-0.3, -0.25) is 0 Å². The molecule has 3 atom stereocenters. The van der Waals surface area contributed by atoms with Gasteiger partial charge in [0.1, 0.15) is 6.10 Å². The quantitative estimate of drug-likeness (QED) is 0.808. The molecule has 0 saturated heterocycles. The highest BCUT2D eigenvalue weighted by Gasteiger charge is 2.25. The van der Waals surface area contributed by atoms with Gasteiger partial charge < -0.3 is 4.74 Å². The van der Waals surface area contributed by atoms with E-state index in [1.54, 1.807) is 6.26 Å². The Morgan fingerprint density at radius 2 is 2.20 bits per heavy atom. The number of nitrogens with one attached hydrogen (secondary N) is 1. The Morgan fingerprint density at radius 1 is 1.53 bits per heavy atom. The third-order valence-electron chi connectivity index (χ3n) is 2.37. The van der Waals surface area contributed by atoms with Crippen molar-refractivity contribution in [1.82, 2.24) is 4.72 Å². The van der Waals surface area contributed by atoms with Gasteiger partial charge in [0, 0.05) is 0 Å². The maximum absolute atomic E-state index is 11.8. The maximum Gasteiger partial charge on any atom is 0.114 e. The van der Waals surface area contributed by atoms with Gasteiger partial charge in [-0.2, -0.15) is 0 Å². The standard InChI is InChI=1S/C11H21NO2S/c1-9(10-7-5-6-8-14-10)12-15(13)11(2,3)4/h6,8-10,12H,5,7H2,1-4H3. The fourth-order valence-electron chi connectivity index (χ4n) is 1.34. The maximum atomic E-state index is 11.8. The van der Waals surface area contributed by atoms with Crippen molar-refractivity contribution >= 4 is 11.0 Å². The van der Waals surface area contributed by atoms with Crippen molar-refractivity contribution in [1.29, 1.82) is 0 Å². The summed E-state index contributed by atoms with van der Waals surface area (Å²) in [5, 5.41) is 0. The van der Waals surface area contributed by atoms with E-state index in [1.807, 2.05) is 33.8 Å². The zero-order chi connectivity index (χ0) is 11.5. The topological polar surface area (TPSA) is 38.3 Å². The third kappa shape index (κ3) is 3.95. The molecule has 3 nitrogen and oxygen atoms in total. The van der Waals surface area contributed by atoms with Crippen LogP contribution in [0.2, 0.25) is 0 Å². The SMILES string of the molecule is CC(NS(=O)C(C)(C)C)C1CCC=CO1. The molecule has 0 aromatic rings. The third-order valence-corrected chi connectivity index (χ3v) is 4.07. The molecule has 0 fully saturated rings. The normalized spacial score (nSPS) is 25.7. The summed E-state index contributed by atoms with van der Waals surface area (Å²) in [7, 11) is -1.02. The molecule has 0 saturated carbocycles. The number of hydrogen-bond donors (Lipinski definition) is 1. The molecule has 88 valence electrons. The molecular formula is C11H21NO2S. The van der Waals surface area contributed by atoms with Gasteiger partial charge in [0.2, 0.25) is 0 Å². The van der Waals surface area contributed by atoms with Crippen molar-refractivity contribution in [2.75, 3.05) is 0 Å². The van der Waals surface area contributed by atoms with Crippen LogP contribution in [0.25, 0.3) is 0 Å². The van der Waals surface area contributed by atoms with Crippen molar-refractivity contribution in [2.45, 2.75) is 57.4 Å². The van der Waals surface area contributed by atoms with E-state index < -0.39 is 11.0 Å². The van der Waals surface area contributed by atoms with Crippen LogP contribution in [0.3, 0.4) is 0 Å². The lowest BCUT2D eigenvalue weighted by Crippen LogP contribution is -2.44. The Labute approximate surface area is 94.9 Å². The highest BCUT2D eigenvalue weighted by molar-refractivity contribution is 7.84. The Hall–Kier alpha value is -0.350. The number of allylic oxidation sites excluding steroid dienone is 1. The van der Waals surface area contributed by atoms with E-state index in [1.165, 1.54) is 0 Å². The molecule has 0 bridgehead atoms. The van der Waals surface area contributed by atoms with Gasteiger partial charge in [-0.25, -0.2) is 8.93 Å². The first kappa shape index (κ1) is 12.7.